The summed E-state index contributed by atoms with van der Waals surface area (Å²) < 4.78 is 0.810. The molecular formula is C15H14BrClN2O2. The lowest BCUT2D eigenvalue weighted by molar-refractivity contribution is -0.385. The van der Waals surface area contributed by atoms with Crippen LogP contribution in [0.5, 0.6) is 0 Å². The average Bonchev–Trinajstić information content (AvgIpc) is 2.48. The standard InChI is InChI=1S/C15H14BrClN2O2/c1-18-13(11-6-4-7-12(16)15(11)17)9-10-5-2-3-8-14(10)19(20)21/h2-8,13,18H,9H2,1H3. The predicted octanol–water partition coefficient (Wildman–Crippen LogP) is 4.51. The minimum absolute atomic E-state index is 0.101. The van der Waals surface area contributed by atoms with Gasteiger partial charge in [-0.2, -0.15) is 0 Å². The van der Waals surface area contributed by atoms with Crippen LogP contribution >= 0.6 is 27.5 Å². The fourth-order valence-corrected chi connectivity index (χ4v) is 2.88. The van der Waals surface area contributed by atoms with E-state index in [0.717, 1.165) is 10.0 Å². The molecule has 0 saturated carbocycles. The van der Waals surface area contributed by atoms with Gasteiger partial charge in [-0.05, 0) is 41.0 Å². The van der Waals surface area contributed by atoms with Crippen molar-refractivity contribution in [3.8, 4) is 0 Å². The van der Waals surface area contributed by atoms with Crippen molar-refractivity contribution in [2.45, 2.75) is 12.5 Å². The number of halogens is 2. The van der Waals surface area contributed by atoms with E-state index in [-0.39, 0.29) is 16.7 Å². The van der Waals surface area contributed by atoms with Gasteiger partial charge in [-0.25, -0.2) is 0 Å². The van der Waals surface area contributed by atoms with Gasteiger partial charge >= 0.3 is 0 Å². The topological polar surface area (TPSA) is 55.2 Å². The number of para-hydroxylation sites is 1. The molecule has 0 aliphatic heterocycles. The van der Waals surface area contributed by atoms with Crippen molar-refractivity contribution >= 4 is 33.2 Å². The van der Waals surface area contributed by atoms with Gasteiger partial charge in [0.25, 0.3) is 5.69 Å². The number of benzene rings is 2. The summed E-state index contributed by atoms with van der Waals surface area (Å²) in [6.45, 7) is 0. The zero-order valence-corrected chi connectivity index (χ0v) is 13.7. The molecule has 0 aliphatic carbocycles. The lowest BCUT2D eigenvalue weighted by atomic mass is 9.98. The molecule has 0 fully saturated rings. The Hall–Kier alpha value is -1.43. The van der Waals surface area contributed by atoms with E-state index in [4.69, 9.17) is 11.6 Å². The monoisotopic (exact) mass is 368 g/mol. The highest BCUT2D eigenvalue weighted by Gasteiger charge is 2.20. The summed E-state index contributed by atoms with van der Waals surface area (Å²) in [6.07, 6.45) is 0.490. The molecule has 0 radical (unpaired) electrons. The zero-order chi connectivity index (χ0) is 15.4. The third-order valence-electron chi connectivity index (χ3n) is 3.32. The maximum absolute atomic E-state index is 11.1. The molecule has 110 valence electrons. The highest BCUT2D eigenvalue weighted by atomic mass is 79.9. The largest absolute Gasteiger partial charge is 0.313 e. The summed E-state index contributed by atoms with van der Waals surface area (Å²) in [4.78, 5) is 10.7. The summed E-state index contributed by atoms with van der Waals surface area (Å²) >= 11 is 9.71. The highest BCUT2D eigenvalue weighted by Crippen LogP contribution is 2.33. The van der Waals surface area contributed by atoms with E-state index in [1.54, 1.807) is 18.2 Å². The molecule has 2 aromatic rings. The van der Waals surface area contributed by atoms with E-state index in [9.17, 15) is 10.1 Å². The molecule has 0 heterocycles. The summed E-state index contributed by atoms with van der Waals surface area (Å²) in [7, 11) is 1.82. The van der Waals surface area contributed by atoms with Gasteiger partial charge in [0.15, 0.2) is 0 Å². The molecule has 0 amide bonds. The van der Waals surface area contributed by atoms with Crippen molar-refractivity contribution < 1.29 is 4.92 Å². The third-order valence-corrected chi connectivity index (χ3v) is 4.63. The Bertz CT molecular complexity index is 664. The van der Waals surface area contributed by atoms with Crippen LogP contribution in [0.2, 0.25) is 5.02 Å². The number of rotatable bonds is 5. The number of hydrogen-bond donors (Lipinski definition) is 1. The Morgan fingerprint density at radius 1 is 1.29 bits per heavy atom. The van der Waals surface area contributed by atoms with Crippen LogP contribution in [-0.4, -0.2) is 12.0 Å². The molecule has 1 atom stereocenters. The van der Waals surface area contributed by atoms with Gasteiger partial charge < -0.3 is 5.32 Å². The van der Waals surface area contributed by atoms with E-state index >= 15 is 0 Å². The minimum atomic E-state index is -0.357. The van der Waals surface area contributed by atoms with Crippen LogP contribution in [0.4, 0.5) is 5.69 Å². The minimum Gasteiger partial charge on any atom is -0.313 e. The number of nitrogens with one attached hydrogen (secondary N) is 1. The van der Waals surface area contributed by atoms with Gasteiger partial charge in [0.05, 0.1) is 9.95 Å². The maximum atomic E-state index is 11.1. The first-order chi connectivity index (χ1) is 10.0. The SMILES string of the molecule is CNC(Cc1ccccc1[N+](=O)[O-])c1cccc(Br)c1Cl. The van der Waals surface area contributed by atoms with Crippen molar-refractivity contribution in [3.63, 3.8) is 0 Å². The summed E-state index contributed by atoms with van der Waals surface area (Å²) in [5, 5.41) is 14.9. The van der Waals surface area contributed by atoms with Gasteiger partial charge in [0, 0.05) is 22.1 Å². The van der Waals surface area contributed by atoms with Crippen LogP contribution in [0.3, 0.4) is 0 Å². The molecular weight excluding hydrogens is 356 g/mol. The maximum Gasteiger partial charge on any atom is 0.272 e. The molecule has 1 unspecified atom stereocenters. The molecule has 0 aliphatic rings. The van der Waals surface area contributed by atoms with Gasteiger partial charge in [-0.15, -0.1) is 0 Å². The molecule has 1 N–H and O–H groups in total. The lowest BCUT2D eigenvalue weighted by Gasteiger charge is -2.18. The average molecular weight is 370 g/mol. The molecule has 2 aromatic carbocycles. The van der Waals surface area contributed by atoms with E-state index in [2.05, 4.69) is 21.2 Å². The van der Waals surface area contributed by atoms with Crippen LogP contribution in [0, 0.1) is 10.1 Å². The fourth-order valence-electron chi connectivity index (χ4n) is 2.24. The Balaban J connectivity index is 2.36. The molecule has 0 saturated heterocycles. The first-order valence-electron chi connectivity index (χ1n) is 6.38. The molecule has 6 heteroatoms. The molecule has 0 spiro atoms. The Morgan fingerprint density at radius 3 is 2.67 bits per heavy atom. The third kappa shape index (κ3) is 3.61. The molecule has 4 nitrogen and oxygen atoms in total. The second kappa shape index (κ2) is 7.02. The van der Waals surface area contributed by atoms with Gasteiger partial charge in [-0.1, -0.05) is 41.9 Å². The van der Waals surface area contributed by atoms with Crippen molar-refractivity contribution in [2.75, 3.05) is 7.05 Å². The van der Waals surface area contributed by atoms with Gasteiger partial charge in [0.2, 0.25) is 0 Å². The normalized spacial score (nSPS) is 12.1. The first kappa shape index (κ1) is 15.9. The molecule has 0 bridgehead atoms. The van der Waals surface area contributed by atoms with Crippen LogP contribution in [0.15, 0.2) is 46.9 Å². The van der Waals surface area contributed by atoms with Crippen molar-refractivity contribution in [3.05, 3.63) is 73.2 Å². The smallest absolute Gasteiger partial charge is 0.272 e. The van der Waals surface area contributed by atoms with Gasteiger partial charge in [0.1, 0.15) is 0 Å². The zero-order valence-electron chi connectivity index (χ0n) is 11.3. The summed E-state index contributed by atoms with van der Waals surface area (Å²) in [5.74, 6) is 0. The van der Waals surface area contributed by atoms with Crippen LogP contribution < -0.4 is 5.32 Å². The highest BCUT2D eigenvalue weighted by molar-refractivity contribution is 9.10. The van der Waals surface area contributed by atoms with Crippen LogP contribution in [0.25, 0.3) is 0 Å². The van der Waals surface area contributed by atoms with Crippen molar-refractivity contribution in [1.29, 1.82) is 0 Å². The molecule has 2 rings (SSSR count). The number of likely N-dealkylation sites (N-methyl/N-ethyl adjacent to an activating group) is 1. The van der Waals surface area contributed by atoms with Crippen molar-refractivity contribution in [1.82, 2.24) is 5.32 Å². The number of nitrogens with zero attached hydrogens (tertiary/aromatic N) is 1. The van der Waals surface area contributed by atoms with Crippen LogP contribution in [0.1, 0.15) is 17.2 Å². The number of hydrogen-bond acceptors (Lipinski definition) is 3. The summed E-state index contributed by atoms with van der Waals surface area (Å²) in [5.41, 5.74) is 1.72. The summed E-state index contributed by atoms with van der Waals surface area (Å²) in [6, 6.07) is 12.3. The van der Waals surface area contributed by atoms with E-state index in [1.807, 2.05) is 25.2 Å². The van der Waals surface area contributed by atoms with Gasteiger partial charge in [-0.3, -0.25) is 10.1 Å². The second-order valence-electron chi connectivity index (χ2n) is 4.57. The Kier molecular flexibility index (Phi) is 5.33. The second-order valence-corrected chi connectivity index (χ2v) is 5.81. The van der Waals surface area contributed by atoms with Crippen LogP contribution in [-0.2, 0) is 6.42 Å². The number of nitro benzene ring substituents is 1. The predicted molar refractivity (Wildman–Crippen MR) is 87.8 cm³/mol. The fraction of sp³-hybridized carbons (Fsp3) is 0.200. The Labute approximate surface area is 136 Å². The lowest BCUT2D eigenvalue weighted by Crippen LogP contribution is -2.19. The quantitative estimate of drug-likeness (QED) is 0.623. The van der Waals surface area contributed by atoms with E-state index < -0.39 is 0 Å². The van der Waals surface area contributed by atoms with Crippen molar-refractivity contribution in [2.24, 2.45) is 0 Å². The molecule has 21 heavy (non-hydrogen) atoms. The Morgan fingerprint density at radius 2 is 2.00 bits per heavy atom. The number of nitro groups is 1. The first-order valence-corrected chi connectivity index (χ1v) is 7.55. The molecule has 0 aromatic heterocycles. The van der Waals surface area contributed by atoms with E-state index in [0.29, 0.717) is 17.0 Å². The van der Waals surface area contributed by atoms with E-state index in [1.165, 1.54) is 6.07 Å².